The number of nitrogens with zero attached hydrogens (tertiary/aromatic N) is 2. The van der Waals surface area contributed by atoms with Crippen LogP contribution in [0.2, 0.25) is 0 Å². The molecule has 7 heteroatoms. The van der Waals surface area contributed by atoms with Crippen molar-refractivity contribution in [2.24, 2.45) is 0 Å². The van der Waals surface area contributed by atoms with Gasteiger partial charge in [0, 0.05) is 24.4 Å². The highest BCUT2D eigenvalue weighted by molar-refractivity contribution is 6.04. The van der Waals surface area contributed by atoms with Crippen LogP contribution in [0.15, 0.2) is 65.5 Å². The van der Waals surface area contributed by atoms with Crippen molar-refractivity contribution in [2.75, 3.05) is 10.6 Å². The van der Waals surface area contributed by atoms with Gasteiger partial charge < -0.3 is 10.6 Å². The van der Waals surface area contributed by atoms with Crippen LogP contribution in [0.1, 0.15) is 28.5 Å². The Labute approximate surface area is 162 Å². The largest absolute Gasteiger partial charge is 0.326 e. The molecule has 0 saturated carbocycles. The molecule has 7 nitrogen and oxygen atoms in total. The van der Waals surface area contributed by atoms with Crippen molar-refractivity contribution in [3.05, 3.63) is 87.8 Å². The summed E-state index contributed by atoms with van der Waals surface area (Å²) in [6, 6.07) is 17.4. The highest BCUT2D eigenvalue weighted by Crippen LogP contribution is 2.23. The second-order valence-electron chi connectivity index (χ2n) is 6.31. The van der Waals surface area contributed by atoms with Crippen molar-refractivity contribution < 1.29 is 9.59 Å². The lowest BCUT2D eigenvalue weighted by Crippen LogP contribution is -2.26. The smallest absolute Gasteiger partial charge is 0.276 e. The molecule has 0 unspecified atom stereocenters. The summed E-state index contributed by atoms with van der Waals surface area (Å²) in [6.07, 6.45) is 0. The molecule has 0 atom stereocenters. The third-order valence-electron chi connectivity index (χ3n) is 4.17. The Kier molecular flexibility index (Phi) is 5.64. The van der Waals surface area contributed by atoms with E-state index in [1.165, 1.54) is 23.7 Å². The molecule has 0 bridgehead atoms. The lowest BCUT2D eigenvalue weighted by molar-refractivity contribution is -0.114. The fourth-order valence-corrected chi connectivity index (χ4v) is 2.72. The SMILES string of the molecule is CC(=O)Nc1cccc(NC(=O)c2ccc(=O)n(Cc3ccccc3)n2)c1C. The molecule has 0 saturated heterocycles. The first kappa shape index (κ1) is 19.0. The van der Waals surface area contributed by atoms with Gasteiger partial charge in [-0.25, -0.2) is 4.68 Å². The maximum atomic E-state index is 12.6. The van der Waals surface area contributed by atoms with Gasteiger partial charge in [-0.1, -0.05) is 36.4 Å². The van der Waals surface area contributed by atoms with Crippen LogP contribution >= 0.6 is 0 Å². The van der Waals surface area contributed by atoms with Crippen LogP contribution in [0.4, 0.5) is 11.4 Å². The van der Waals surface area contributed by atoms with Gasteiger partial charge in [0.1, 0.15) is 5.69 Å². The van der Waals surface area contributed by atoms with E-state index in [4.69, 9.17) is 0 Å². The highest BCUT2D eigenvalue weighted by atomic mass is 16.2. The maximum Gasteiger partial charge on any atom is 0.276 e. The molecule has 3 rings (SSSR count). The fourth-order valence-electron chi connectivity index (χ4n) is 2.72. The van der Waals surface area contributed by atoms with E-state index >= 15 is 0 Å². The number of aromatic nitrogens is 2. The number of rotatable bonds is 5. The maximum absolute atomic E-state index is 12.6. The number of hydrogen-bond acceptors (Lipinski definition) is 4. The zero-order valence-electron chi connectivity index (χ0n) is 15.6. The standard InChI is InChI=1S/C21H20N4O3/c1-14-17(22-15(2)26)9-6-10-18(14)23-21(28)19-11-12-20(27)25(24-19)13-16-7-4-3-5-8-16/h3-12H,13H2,1-2H3,(H,22,26)(H,23,28). The Morgan fingerprint density at radius 2 is 1.61 bits per heavy atom. The first-order chi connectivity index (χ1) is 13.4. The van der Waals surface area contributed by atoms with Gasteiger partial charge in [0.05, 0.1) is 6.54 Å². The molecule has 0 fully saturated rings. The summed E-state index contributed by atoms with van der Waals surface area (Å²) < 4.78 is 1.25. The van der Waals surface area contributed by atoms with Crippen LogP contribution in [0, 0.1) is 6.92 Å². The van der Waals surface area contributed by atoms with Crippen LogP contribution in [-0.4, -0.2) is 21.6 Å². The van der Waals surface area contributed by atoms with E-state index < -0.39 is 5.91 Å². The summed E-state index contributed by atoms with van der Waals surface area (Å²) >= 11 is 0. The molecule has 2 amide bonds. The van der Waals surface area contributed by atoms with Gasteiger partial charge in [-0.2, -0.15) is 5.10 Å². The molecule has 1 heterocycles. The molecule has 3 aromatic rings. The zero-order valence-corrected chi connectivity index (χ0v) is 15.6. The second kappa shape index (κ2) is 8.30. The van der Waals surface area contributed by atoms with Gasteiger partial charge in [-0.05, 0) is 36.2 Å². The Morgan fingerprint density at radius 3 is 2.29 bits per heavy atom. The van der Waals surface area contributed by atoms with Gasteiger partial charge in [0.15, 0.2) is 0 Å². The summed E-state index contributed by atoms with van der Waals surface area (Å²) in [5, 5.41) is 9.69. The van der Waals surface area contributed by atoms with E-state index in [0.717, 1.165) is 11.1 Å². The van der Waals surface area contributed by atoms with Gasteiger partial charge in [-0.3, -0.25) is 14.4 Å². The van der Waals surface area contributed by atoms with E-state index in [0.29, 0.717) is 11.4 Å². The Hall–Kier alpha value is -3.74. The summed E-state index contributed by atoms with van der Waals surface area (Å²) in [6.45, 7) is 3.49. The minimum Gasteiger partial charge on any atom is -0.326 e. The minimum absolute atomic E-state index is 0.125. The fraction of sp³-hybridized carbons (Fsp3) is 0.143. The lowest BCUT2D eigenvalue weighted by Gasteiger charge is -2.13. The normalized spacial score (nSPS) is 10.4. The van der Waals surface area contributed by atoms with Crippen LogP contribution in [0.25, 0.3) is 0 Å². The molecule has 0 radical (unpaired) electrons. The Morgan fingerprint density at radius 1 is 0.929 bits per heavy atom. The number of nitrogens with one attached hydrogen (secondary N) is 2. The van der Waals surface area contributed by atoms with Crippen molar-refractivity contribution >= 4 is 23.2 Å². The Balaban J connectivity index is 1.83. The van der Waals surface area contributed by atoms with Gasteiger partial charge in [0.25, 0.3) is 11.5 Å². The molecule has 0 aliphatic heterocycles. The number of carbonyl (C=O) groups is 2. The average molecular weight is 376 g/mol. The zero-order chi connectivity index (χ0) is 20.1. The van der Waals surface area contributed by atoms with Crippen molar-refractivity contribution in [2.45, 2.75) is 20.4 Å². The van der Waals surface area contributed by atoms with E-state index in [9.17, 15) is 14.4 Å². The van der Waals surface area contributed by atoms with Gasteiger partial charge >= 0.3 is 0 Å². The molecule has 2 N–H and O–H groups in total. The Bertz CT molecular complexity index is 1070. The van der Waals surface area contributed by atoms with E-state index in [2.05, 4.69) is 15.7 Å². The summed E-state index contributed by atoms with van der Waals surface area (Å²) in [7, 11) is 0. The predicted molar refractivity (Wildman–Crippen MR) is 107 cm³/mol. The average Bonchev–Trinajstić information content (AvgIpc) is 2.67. The molecule has 142 valence electrons. The van der Waals surface area contributed by atoms with Crippen molar-refractivity contribution in [1.29, 1.82) is 0 Å². The van der Waals surface area contributed by atoms with Crippen LogP contribution in [0.5, 0.6) is 0 Å². The minimum atomic E-state index is -0.440. The molecule has 1 aromatic heterocycles. The first-order valence-electron chi connectivity index (χ1n) is 8.74. The first-order valence-corrected chi connectivity index (χ1v) is 8.74. The van der Waals surface area contributed by atoms with E-state index in [1.54, 1.807) is 25.1 Å². The molecule has 0 aliphatic carbocycles. The summed E-state index contributed by atoms with van der Waals surface area (Å²) in [4.78, 5) is 36.0. The predicted octanol–water partition coefficient (Wildman–Crippen LogP) is 2.81. The van der Waals surface area contributed by atoms with Crippen LogP contribution in [0.3, 0.4) is 0 Å². The molecule has 2 aromatic carbocycles. The number of anilines is 2. The summed E-state index contributed by atoms with van der Waals surface area (Å²) in [5.74, 6) is -0.633. The van der Waals surface area contributed by atoms with Gasteiger partial charge in [-0.15, -0.1) is 0 Å². The molecule has 0 aliphatic rings. The molecule has 0 spiro atoms. The topological polar surface area (TPSA) is 93.1 Å². The number of hydrogen-bond donors (Lipinski definition) is 2. The van der Waals surface area contributed by atoms with Crippen molar-refractivity contribution in [3.8, 4) is 0 Å². The van der Waals surface area contributed by atoms with Crippen LogP contribution < -0.4 is 16.2 Å². The highest BCUT2D eigenvalue weighted by Gasteiger charge is 2.13. The molecule has 28 heavy (non-hydrogen) atoms. The number of benzene rings is 2. The third-order valence-corrected chi connectivity index (χ3v) is 4.17. The van der Waals surface area contributed by atoms with Crippen LogP contribution in [-0.2, 0) is 11.3 Å². The second-order valence-corrected chi connectivity index (χ2v) is 6.31. The molecular weight excluding hydrogens is 356 g/mol. The van der Waals surface area contributed by atoms with E-state index in [-0.39, 0.29) is 23.7 Å². The third kappa shape index (κ3) is 4.50. The van der Waals surface area contributed by atoms with E-state index in [1.807, 2.05) is 30.3 Å². The molecular formula is C21H20N4O3. The quantitative estimate of drug-likeness (QED) is 0.716. The summed E-state index contributed by atoms with van der Waals surface area (Å²) in [5.41, 5.74) is 2.65. The number of amides is 2. The monoisotopic (exact) mass is 376 g/mol. The number of carbonyl (C=O) groups excluding carboxylic acids is 2. The lowest BCUT2D eigenvalue weighted by atomic mass is 10.1. The van der Waals surface area contributed by atoms with Crippen molar-refractivity contribution in [1.82, 2.24) is 9.78 Å². The van der Waals surface area contributed by atoms with Crippen molar-refractivity contribution in [3.63, 3.8) is 0 Å². The van der Waals surface area contributed by atoms with Gasteiger partial charge in [0.2, 0.25) is 5.91 Å².